The Hall–Kier alpha value is -1.03. The van der Waals surface area contributed by atoms with Crippen LogP contribution in [0.3, 0.4) is 0 Å². The first-order valence-corrected chi connectivity index (χ1v) is 10.4. The van der Waals surface area contributed by atoms with Gasteiger partial charge in [-0.3, -0.25) is 0 Å². The van der Waals surface area contributed by atoms with E-state index in [1.54, 1.807) is 18.2 Å². The molecule has 0 aromatic heterocycles. The normalized spacial score (nSPS) is 18.3. The molecule has 1 saturated carbocycles. The Bertz CT molecular complexity index is 715. The van der Waals surface area contributed by atoms with E-state index in [-0.39, 0.29) is 0 Å². The summed E-state index contributed by atoms with van der Waals surface area (Å²) in [6, 6.07) is 13.8. The van der Waals surface area contributed by atoms with Crippen molar-refractivity contribution in [2.45, 2.75) is 48.2 Å². The molecule has 2 aliphatic rings. The van der Waals surface area contributed by atoms with Crippen LogP contribution in [0.5, 0.6) is 0 Å². The summed E-state index contributed by atoms with van der Waals surface area (Å²) in [4.78, 5) is 1.46. The fourth-order valence-corrected chi connectivity index (χ4v) is 5.34. The van der Waals surface area contributed by atoms with Crippen molar-refractivity contribution in [2.75, 3.05) is 17.6 Å². The Balaban J connectivity index is 0.000000173. The summed E-state index contributed by atoms with van der Waals surface area (Å²) < 4.78 is 0.540. The minimum Gasteiger partial charge on any atom is -0.399 e. The molecule has 4 rings (SSSR count). The Kier molecular flexibility index (Phi) is 6.43. The summed E-state index contributed by atoms with van der Waals surface area (Å²) >= 11 is 13.3. The summed E-state index contributed by atoms with van der Waals surface area (Å²) in [6.07, 6.45) is 8.44. The lowest BCUT2D eigenvalue weighted by atomic mass is 9.86. The number of nitrogen functional groups attached to an aromatic ring is 1. The van der Waals surface area contributed by atoms with E-state index in [0.29, 0.717) is 20.5 Å². The van der Waals surface area contributed by atoms with Gasteiger partial charge in [-0.1, -0.05) is 54.6 Å². The van der Waals surface area contributed by atoms with E-state index in [1.165, 1.54) is 49.1 Å². The van der Waals surface area contributed by atoms with E-state index >= 15 is 0 Å². The van der Waals surface area contributed by atoms with Crippen LogP contribution >= 0.6 is 35.0 Å². The first kappa shape index (κ1) is 18.8. The number of fused-ring (bicyclic) bond motifs is 1. The Labute approximate surface area is 164 Å². The molecule has 2 nitrogen and oxygen atoms in total. The van der Waals surface area contributed by atoms with Gasteiger partial charge in [0.05, 0.1) is 10.0 Å². The van der Waals surface area contributed by atoms with Gasteiger partial charge in [-0.2, -0.15) is 0 Å². The van der Waals surface area contributed by atoms with Crippen LogP contribution in [0.2, 0.25) is 10.0 Å². The number of benzene rings is 2. The van der Waals surface area contributed by atoms with Crippen molar-refractivity contribution in [1.82, 2.24) is 0 Å². The average Bonchev–Trinajstić information content (AvgIpc) is 2.78. The number of nitrogens with one attached hydrogen (secondary N) is 1. The molecule has 1 fully saturated rings. The highest BCUT2D eigenvalue weighted by atomic mass is 35.5. The van der Waals surface area contributed by atoms with E-state index in [1.807, 2.05) is 0 Å². The average molecular weight is 395 g/mol. The van der Waals surface area contributed by atoms with Crippen LogP contribution in [0.4, 0.5) is 11.4 Å². The number of anilines is 2. The van der Waals surface area contributed by atoms with Gasteiger partial charge in [0.2, 0.25) is 0 Å². The fourth-order valence-electron chi connectivity index (χ4n) is 3.47. The highest BCUT2D eigenvalue weighted by Crippen LogP contribution is 2.49. The van der Waals surface area contributed by atoms with Gasteiger partial charge in [0.25, 0.3) is 0 Å². The summed E-state index contributed by atoms with van der Waals surface area (Å²) in [5.41, 5.74) is 7.36. The SMILES string of the molecule is Nc1ccc(Cl)c(Cl)c1.c1ccc2c(c1)NCCC1(CCCCC1)S2. The van der Waals surface area contributed by atoms with E-state index in [9.17, 15) is 0 Å². The lowest BCUT2D eigenvalue weighted by molar-refractivity contribution is 0.385. The zero-order valence-corrected chi connectivity index (χ0v) is 16.6. The van der Waals surface area contributed by atoms with E-state index in [2.05, 4.69) is 41.3 Å². The molecule has 0 bridgehead atoms. The van der Waals surface area contributed by atoms with E-state index in [4.69, 9.17) is 28.9 Å². The molecule has 0 radical (unpaired) electrons. The van der Waals surface area contributed by atoms with Crippen molar-refractivity contribution in [2.24, 2.45) is 0 Å². The van der Waals surface area contributed by atoms with Crippen molar-refractivity contribution < 1.29 is 0 Å². The van der Waals surface area contributed by atoms with Crippen molar-refractivity contribution in [3.63, 3.8) is 0 Å². The van der Waals surface area contributed by atoms with Crippen LogP contribution in [0.15, 0.2) is 47.4 Å². The lowest BCUT2D eigenvalue weighted by Crippen LogP contribution is -2.28. The van der Waals surface area contributed by atoms with Crippen LogP contribution in [-0.4, -0.2) is 11.3 Å². The Morgan fingerprint density at radius 3 is 2.40 bits per heavy atom. The molecule has 1 aliphatic heterocycles. The third kappa shape index (κ3) is 4.99. The van der Waals surface area contributed by atoms with Gasteiger partial charge in [0, 0.05) is 27.6 Å². The minimum absolute atomic E-state index is 0.497. The third-order valence-corrected chi connectivity index (χ3v) is 7.18. The molecule has 0 atom stereocenters. The number of nitrogens with two attached hydrogens (primary N) is 1. The van der Waals surface area contributed by atoms with Gasteiger partial charge in [-0.25, -0.2) is 0 Å². The number of para-hydroxylation sites is 1. The molecule has 0 unspecified atom stereocenters. The van der Waals surface area contributed by atoms with E-state index < -0.39 is 0 Å². The molecule has 3 N–H and O–H groups in total. The van der Waals surface area contributed by atoms with Gasteiger partial charge >= 0.3 is 0 Å². The molecular weight excluding hydrogens is 371 g/mol. The fraction of sp³-hybridized carbons (Fsp3) is 0.400. The smallest absolute Gasteiger partial charge is 0.0612 e. The van der Waals surface area contributed by atoms with Crippen molar-refractivity contribution in [3.8, 4) is 0 Å². The van der Waals surface area contributed by atoms with Gasteiger partial charge in [-0.05, 0) is 49.6 Å². The summed E-state index contributed by atoms with van der Waals surface area (Å²) in [5.74, 6) is 0. The lowest BCUT2D eigenvalue weighted by Gasteiger charge is -2.35. The molecule has 25 heavy (non-hydrogen) atoms. The monoisotopic (exact) mass is 394 g/mol. The molecule has 5 heteroatoms. The van der Waals surface area contributed by atoms with Crippen LogP contribution in [0, 0.1) is 0 Å². The first-order valence-electron chi connectivity index (χ1n) is 8.80. The van der Waals surface area contributed by atoms with Gasteiger partial charge in [0.15, 0.2) is 0 Å². The maximum Gasteiger partial charge on any atom is 0.0612 e. The quantitative estimate of drug-likeness (QED) is 0.478. The largest absolute Gasteiger partial charge is 0.399 e. The third-order valence-electron chi connectivity index (χ3n) is 4.82. The minimum atomic E-state index is 0.497. The second-order valence-corrected chi connectivity index (χ2v) is 9.02. The second-order valence-electron chi connectivity index (χ2n) is 6.69. The summed E-state index contributed by atoms with van der Waals surface area (Å²) in [6.45, 7) is 1.14. The van der Waals surface area contributed by atoms with Gasteiger partial charge in [-0.15, -0.1) is 11.8 Å². The van der Waals surface area contributed by atoms with Crippen LogP contribution < -0.4 is 11.1 Å². The molecule has 1 heterocycles. The standard InChI is InChI=1S/C14H19NS.C6H5Cl2N/c1-4-8-14(9-5-1)10-11-15-12-6-2-3-7-13(12)16-14;7-5-2-1-4(9)3-6(5)8/h2-3,6-7,15H,1,4-5,8-11H2;1-3H,9H2. The van der Waals surface area contributed by atoms with Gasteiger partial charge in [0.1, 0.15) is 0 Å². The number of thioether (sulfide) groups is 1. The molecule has 0 saturated heterocycles. The van der Waals surface area contributed by atoms with Crippen LogP contribution in [-0.2, 0) is 0 Å². The highest BCUT2D eigenvalue weighted by molar-refractivity contribution is 8.00. The van der Waals surface area contributed by atoms with Crippen molar-refractivity contribution >= 4 is 46.3 Å². The molecular formula is C20H24Cl2N2S. The maximum absolute atomic E-state index is 5.60. The predicted octanol–water partition coefficient (Wildman–Crippen LogP) is 6.87. The molecule has 2 aromatic rings. The Morgan fingerprint density at radius 1 is 0.920 bits per heavy atom. The molecule has 2 aromatic carbocycles. The number of halogens is 2. The number of rotatable bonds is 0. The highest BCUT2D eigenvalue weighted by Gasteiger charge is 2.34. The topological polar surface area (TPSA) is 38.0 Å². The van der Waals surface area contributed by atoms with Crippen LogP contribution in [0.25, 0.3) is 0 Å². The van der Waals surface area contributed by atoms with Crippen LogP contribution in [0.1, 0.15) is 38.5 Å². The van der Waals surface area contributed by atoms with Crippen molar-refractivity contribution in [1.29, 1.82) is 0 Å². The van der Waals surface area contributed by atoms with Crippen molar-refractivity contribution in [3.05, 3.63) is 52.5 Å². The number of hydrogen-bond acceptors (Lipinski definition) is 3. The molecule has 1 aliphatic carbocycles. The second kappa shape index (κ2) is 8.57. The number of hydrogen-bond donors (Lipinski definition) is 2. The molecule has 134 valence electrons. The summed E-state index contributed by atoms with van der Waals surface area (Å²) in [5, 5.41) is 4.61. The first-order chi connectivity index (χ1) is 12.1. The zero-order valence-electron chi connectivity index (χ0n) is 14.2. The zero-order chi connectivity index (χ0) is 17.7. The Morgan fingerprint density at radius 2 is 1.68 bits per heavy atom. The molecule has 0 amide bonds. The van der Waals surface area contributed by atoms with Gasteiger partial charge < -0.3 is 11.1 Å². The molecule has 1 spiro atoms. The maximum atomic E-state index is 5.60. The summed E-state index contributed by atoms with van der Waals surface area (Å²) in [7, 11) is 0. The predicted molar refractivity (Wildman–Crippen MR) is 112 cm³/mol. The van der Waals surface area contributed by atoms with E-state index in [0.717, 1.165) is 6.54 Å².